The predicted octanol–water partition coefficient (Wildman–Crippen LogP) is 0.505. The number of nitrogen functional groups attached to an aromatic ring is 1. The molecular weight excluding hydrogens is 260 g/mol. The van der Waals surface area contributed by atoms with E-state index in [0.29, 0.717) is 10.6 Å². The van der Waals surface area contributed by atoms with Crippen molar-refractivity contribution in [2.45, 2.75) is 0 Å². The Kier molecular flexibility index (Phi) is 3.28. The molecule has 9 heteroatoms. The molecule has 94 valence electrons. The number of aromatic nitrogens is 4. The minimum absolute atomic E-state index is 0.0275. The Balaban J connectivity index is 2.37. The van der Waals surface area contributed by atoms with E-state index in [1.807, 2.05) is 0 Å². The summed E-state index contributed by atoms with van der Waals surface area (Å²) in [5.41, 5.74) is 5.78. The molecule has 1 heterocycles. The lowest BCUT2D eigenvalue weighted by molar-refractivity contribution is 0.373. The van der Waals surface area contributed by atoms with Crippen LogP contribution in [0.4, 0.5) is 5.95 Å². The zero-order valence-electron chi connectivity index (χ0n) is 9.28. The fourth-order valence-corrected chi connectivity index (χ4v) is 1.45. The molecule has 0 amide bonds. The quantitative estimate of drug-likeness (QED) is 0.784. The van der Waals surface area contributed by atoms with Crippen molar-refractivity contribution in [2.24, 2.45) is 5.10 Å². The number of nitrogens with two attached hydrogens (primary N) is 1. The molecule has 1 aromatic heterocycles. The summed E-state index contributed by atoms with van der Waals surface area (Å²) in [7, 11) is 1.42. The molecule has 8 nitrogen and oxygen atoms in total. The first-order valence-corrected chi connectivity index (χ1v) is 5.14. The van der Waals surface area contributed by atoms with Gasteiger partial charge < -0.3 is 15.6 Å². The van der Waals surface area contributed by atoms with Crippen LogP contribution in [0.5, 0.6) is 11.5 Å². The van der Waals surface area contributed by atoms with Crippen molar-refractivity contribution >= 4 is 23.8 Å². The third-order valence-electron chi connectivity index (χ3n) is 2.07. The first kappa shape index (κ1) is 12.1. The summed E-state index contributed by atoms with van der Waals surface area (Å²) < 4.78 is 4.96. The van der Waals surface area contributed by atoms with Crippen molar-refractivity contribution in [1.29, 1.82) is 0 Å². The lowest BCUT2D eigenvalue weighted by Gasteiger charge is -2.06. The van der Waals surface area contributed by atoms with Gasteiger partial charge in [-0.1, -0.05) is 21.5 Å². The number of aromatic hydroxyl groups is 1. The van der Waals surface area contributed by atoms with Crippen LogP contribution >= 0.6 is 11.6 Å². The molecule has 18 heavy (non-hydrogen) atoms. The molecule has 2 rings (SSSR count). The lowest BCUT2D eigenvalue weighted by Crippen LogP contribution is -2.00. The molecule has 0 unspecified atom stereocenters. The van der Waals surface area contributed by atoms with Crippen molar-refractivity contribution < 1.29 is 9.84 Å². The van der Waals surface area contributed by atoms with Gasteiger partial charge in [0.05, 0.1) is 13.3 Å². The van der Waals surface area contributed by atoms with Gasteiger partial charge in [-0.3, -0.25) is 0 Å². The normalized spacial score (nSPS) is 11.0. The Bertz CT molecular complexity index is 597. The highest BCUT2D eigenvalue weighted by molar-refractivity contribution is 6.31. The van der Waals surface area contributed by atoms with E-state index in [9.17, 15) is 5.11 Å². The number of anilines is 1. The summed E-state index contributed by atoms with van der Waals surface area (Å²) >= 11 is 5.87. The Morgan fingerprint density at radius 2 is 2.33 bits per heavy atom. The van der Waals surface area contributed by atoms with Gasteiger partial charge in [0, 0.05) is 16.7 Å². The number of phenolic OH excluding ortho intramolecular Hbond substituents is 1. The molecule has 0 saturated heterocycles. The van der Waals surface area contributed by atoms with Crippen molar-refractivity contribution in [3.8, 4) is 11.5 Å². The summed E-state index contributed by atoms with van der Waals surface area (Å²) in [5.74, 6) is 0.186. The van der Waals surface area contributed by atoms with E-state index in [-0.39, 0.29) is 17.4 Å². The van der Waals surface area contributed by atoms with Crippen molar-refractivity contribution in [2.75, 3.05) is 12.8 Å². The van der Waals surface area contributed by atoms with E-state index in [1.165, 1.54) is 25.5 Å². The molecule has 0 aliphatic heterocycles. The Morgan fingerprint density at radius 3 is 2.94 bits per heavy atom. The predicted molar refractivity (Wildman–Crippen MR) is 64.9 cm³/mol. The molecule has 0 aliphatic carbocycles. The van der Waals surface area contributed by atoms with Gasteiger partial charge in [-0.15, -0.1) is 0 Å². The summed E-state index contributed by atoms with van der Waals surface area (Å²) in [6, 6.07) is 3.00. The highest BCUT2D eigenvalue weighted by Crippen LogP contribution is 2.32. The van der Waals surface area contributed by atoms with E-state index in [0.717, 1.165) is 4.79 Å². The zero-order valence-corrected chi connectivity index (χ0v) is 10.0. The number of hydrogen-bond donors (Lipinski definition) is 2. The molecule has 0 saturated carbocycles. The van der Waals surface area contributed by atoms with Crippen LogP contribution in [-0.2, 0) is 0 Å². The molecule has 0 spiro atoms. The van der Waals surface area contributed by atoms with E-state index < -0.39 is 0 Å². The number of methoxy groups -OCH3 is 1. The average Bonchev–Trinajstić information content (AvgIpc) is 2.75. The smallest absolute Gasteiger partial charge is 0.263 e. The molecule has 0 atom stereocenters. The van der Waals surface area contributed by atoms with Gasteiger partial charge in [0.25, 0.3) is 5.95 Å². The van der Waals surface area contributed by atoms with Gasteiger partial charge in [0.2, 0.25) is 0 Å². The summed E-state index contributed by atoms with van der Waals surface area (Å²) in [4.78, 5) is 1.01. The van der Waals surface area contributed by atoms with E-state index in [1.54, 1.807) is 0 Å². The van der Waals surface area contributed by atoms with Crippen LogP contribution in [0.1, 0.15) is 5.56 Å². The maximum atomic E-state index is 9.84. The highest BCUT2D eigenvalue weighted by Gasteiger charge is 2.08. The van der Waals surface area contributed by atoms with Crippen LogP contribution in [0.25, 0.3) is 0 Å². The largest absolute Gasteiger partial charge is 0.504 e. The molecule has 0 aliphatic rings. The molecule has 0 radical (unpaired) electrons. The van der Waals surface area contributed by atoms with Crippen LogP contribution in [-0.4, -0.2) is 38.7 Å². The maximum absolute atomic E-state index is 9.84. The number of ether oxygens (including phenoxy) is 1. The number of nitrogens with zero attached hydrogens (tertiary/aromatic N) is 5. The summed E-state index contributed by atoms with van der Waals surface area (Å²) in [6.45, 7) is 0. The number of benzene rings is 1. The van der Waals surface area contributed by atoms with E-state index in [2.05, 4.69) is 20.6 Å². The third kappa shape index (κ3) is 2.33. The third-order valence-corrected chi connectivity index (χ3v) is 2.29. The second kappa shape index (κ2) is 4.88. The van der Waals surface area contributed by atoms with Gasteiger partial charge in [-0.05, 0) is 16.5 Å². The van der Waals surface area contributed by atoms with Gasteiger partial charge in [-0.25, -0.2) is 0 Å². The Morgan fingerprint density at radius 1 is 1.56 bits per heavy atom. The van der Waals surface area contributed by atoms with Crippen molar-refractivity contribution in [3.05, 3.63) is 22.7 Å². The van der Waals surface area contributed by atoms with Crippen molar-refractivity contribution in [1.82, 2.24) is 20.3 Å². The second-order valence-corrected chi connectivity index (χ2v) is 3.65. The Labute approximate surface area is 107 Å². The Hall–Kier alpha value is -2.35. The molecule has 2 aromatic rings. The first-order valence-electron chi connectivity index (χ1n) is 4.76. The molecule has 0 fully saturated rings. The van der Waals surface area contributed by atoms with Crippen molar-refractivity contribution in [3.63, 3.8) is 0 Å². The average molecular weight is 269 g/mol. The molecular formula is C9H9ClN6O2. The summed E-state index contributed by atoms with van der Waals surface area (Å²) in [6.07, 6.45) is 1.32. The minimum atomic E-state index is -0.0858. The topological polar surface area (TPSA) is 111 Å². The number of hydrogen-bond acceptors (Lipinski definition) is 7. The second-order valence-electron chi connectivity index (χ2n) is 3.22. The fourth-order valence-electron chi connectivity index (χ4n) is 1.24. The van der Waals surface area contributed by atoms with Gasteiger partial charge in [0.15, 0.2) is 11.5 Å². The van der Waals surface area contributed by atoms with Crippen LogP contribution in [0, 0.1) is 0 Å². The number of rotatable bonds is 3. The van der Waals surface area contributed by atoms with Gasteiger partial charge in [0.1, 0.15) is 0 Å². The fraction of sp³-hybridized carbons (Fsp3) is 0.111. The van der Waals surface area contributed by atoms with Gasteiger partial charge in [-0.2, -0.15) is 5.10 Å². The highest BCUT2D eigenvalue weighted by atomic mass is 35.5. The first-order chi connectivity index (χ1) is 8.61. The van der Waals surface area contributed by atoms with Crippen LogP contribution in [0.2, 0.25) is 5.02 Å². The lowest BCUT2D eigenvalue weighted by atomic mass is 10.2. The number of phenols is 1. The molecule has 3 N–H and O–H groups in total. The SMILES string of the molecule is COc1cc(Cl)cc(C=Nn2nnnc2N)c1O. The monoisotopic (exact) mass is 268 g/mol. The van der Waals surface area contributed by atoms with Gasteiger partial charge >= 0.3 is 0 Å². The zero-order chi connectivity index (χ0) is 13.1. The van der Waals surface area contributed by atoms with E-state index >= 15 is 0 Å². The minimum Gasteiger partial charge on any atom is -0.504 e. The van der Waals surface area contributed by atoms with Crippen LogP contribution in [0.15, 0.2) is 17.2 Å². The molecule has 0 bridgehead atoms. The summed E-state index contributed by atoms with van der Waals surface area (Å²) in [5, 5.41) is 24.4. The van der Waals surface area contributed by atoms with Crippen LogP contribution in [0.3, 0.4) is 0 Å². The number of halogens is 1. The number of tetrazole rings is 1. The molecule has 1 aromatic carbocycles. The van der Waals surface area contributed by atoms with E-state index in [4.69, 9.17) is 22.1 Å². The maximum Gasteiger partial charge on any atom is 0.263 e. The van der Waals surface area contributed by atoms with Crippen LogP contribution < -0.4 is 10.5 Å². The standard InChI is InChI=1S/C9H9ClN6O2/c1-18-7-3-6(10)2-5(8(7)17)4-12-16-9(11)13-14-15-16/h2-4,17H,1H3,(H2,11,13,15).